The summed E-state index contributed by atoms with van der Waals surface area (Å²) in [4.78, 5) is 12.9. The molecule has 0 radical (unpaired) electrons. The van der Waals surface area contributed by atoms with Gasteiger partial charge in [-0.05, 0) is 5.92 Å². The van der Waals surface area contributed by atoms with Crippen LogP contribution >= 0.6 is 0 Å². The first-order valence-corrected chi connectivity index (χ1v) is 4.59. The zero-order chi connectivity index (χ0) is 9.84. The molecule has 13 heavy (non-hydrogen) atoms. The van der Waals surface area contributed by atoms with Gasteiger partial charge in [-0.25, -0.2) is 0 Å². The van der Waals surface area contributed by atoms with E-state index in [2.05, 4.69) is 4.90 Å². The second-order valence-corrected chi connectivity index (χ2v) is 3.67. The number of hydrogen-bond acceptors (Lipinski definition) is 3. The standard InChI is InChI=1S/C9H17NO3/c1-7-5-10(3-4-13-2)6-8(7)9(11)12/h7-8H,3-6H2,1-2H3,(H,11,12)/t7-,8-/m0/s1. The molecule has 1 aliphatic rings. The Hall–Kier alpha value is -0.610. The van der Waals surface area contributed by atoms with Crippen molar-refractivity contribution < 1.29 is 14.6 Å². The van der Waals surface area contributed by atoms with Gasteiger partial charge in [-0.15, -0.1) is 0 Å². The van der Waals surface area contributed by atoms with Gasteiger partial charge in [0.15, 0.2) is 0 Å². The van der Waals surface area contributed by atoms with Crippen LogP contribution in [0.1, 0.15) is 6.92 Å². The Bertz CT molecular complexity index is 184. The van der Waals surface area contributed by atoms with E-state index in [1.54, 1.807) is 7.11 Å². The van der Waals surface area contributed by atoms with Gasteiger partial charge in [0.2, 0.25) is 0 Å². The molecule has 1 rings (SSSR count). The lowest BCUT2D eigenvalue weighted by Gasteiger charge is -2.13. The van der Waals surface area contributed by atoms with Crippen LogP contribution < -0.4 is 0 Å². The molecular weight excluding hydrogens is 170 g/mol. The van der Waals surface area contributed by atoms with Gasteiger partial charge in [-0.1, -0.05) is 6.92 Å². The quantitative estimate of drug-likeness (QED) is 0.687. The van der Waals surface area contributed by atoms with E-state index in [0.717, 1.165) is 13.1 Å². The lowest BCUT2D eigenvalue weighted by molar-refractivity contribution is -0.142. The van der Waals surface area contributed by atoms with Crippen LogP contribution in [0.25, 0.3) is 0 Å². The first kappa shape index (κ1) is 10.5. The molecule has 4 heteroatoms. The molecule has 1 aliphatic heterocycles. The zero-order valence-corrected chi connectivity index (χ0v) is 8.19. The fourth-order valence-corrected chi connectivity index (χ4v) is 1.79. The SMILES string of the molecule is COCCN1C[C@H](C(=O)O)[C@@H](C)C1. The molecule has 0 aromatic rings. The fourth-order valence-electron chi connectivity index (χ4n) is 1.79. The summed E-state index contributed by atoms with van der Waals surface area (Å²) in [5.74, 6) is -0.612. The van der Waals surface area contributed by atoms with Crippen LogP contribution in [0, 0.1) is 11.8 Å². The van der Waals surface area contributed by atoms with Crippen molar-refractivity contribution in [3.63, 3.8) is 0 Å². The van der Waals surface area contributed by atoms with Crippen LogP contribution in [0.4, 0.5) is 0 Å². The number of carbonyl (C=O) groups is 1. The summed E-state index contributed by atoms with van der Waals surface area (Å²) in [5.41, 5.74) is 0. The summed E-state index contributed by atoms with van der Waals surface area (Å²) >= 11 is 0. The number of rotatable bonds is 4. The molecule has 2 atom stereocenters. The molecule has 1 N–H and O–H groups in total. The number of carboxylic acid groups (broad SMARTS) is 1. The summed E-state index contributed by atoms with van der Waals surface area (Å²) in [7, 11) is 1.66. The number of aliphatic carboxylic acids is 1. The number of nitrogens with zero attached hydrogens (tertiary/aromatic N) is 1. The Kier molecular flexibility index (Phi) is 3.69. The van der Waals surface area contributed by atoms with Crippen molar-refractivity contribution >= 4 is 5.97 Å². The minimum atomic E-state index is -0.674. The maximum atomic E-state index is 10.8. The Balaban J connectivity index is 2.36. The molecule has 0 amide bonds. The maximum absolute atomic E-state index is 10.8. The summed E-state index contributed by atoms with van der Waals surface area (Å²) < 4.78 is 4.95. The van der Waals surface area contributed by atoms with Crippen LogP contribution in [0.2, 0.25) is 0 Å². The summed E-state index contributed by atoms with van der Waals surface area (Å²) in [6, 6.07) is 0. The second-order valence-electron chi connectivity index (χ2n) is 3.67. The van der Waals surface area contributed by atoms with E-state index in [0.29, 0.717) is 13.2 Å². The smallest absolute Gasteiger partial charge is 0.308 e. The predicted molar refractivity (Wildman–Crippen MR) is 48.6 cm³/mol. The average molecular weight is 187 g/mol. The minimum absolute atomic E-state index is 0.197. The molecule has 0 aromatic carbocycles. The summed E-state index contributed by atoms with van der Waals surface area (Å²) in [6.45, 7) is 5.05. The number of carboxylic acids is 1. The van der Waals surface area contributed by atoms with Gasteiger partial charge in [0, 0.05) is 26.7 Å². The molecule has 76 valence electrons. The highest BCUT2D eigenvalue weighted by molar-refractivity contribution is 5.71. The van der Waals surface area contributed by atoms with Crippen molar-refractivity contribution in [2.75, 3.05) is 33.4 Å². The molecule has 0 bridgehead atoms. The molecular formula is C9H17NO3. The molecule has 0 saturated carbocycles. The third kappa shape index (κ3) is 2.67. The number of methoxy groups -OCH3 is 1. The Labute approximate surface area is 78.5 Å². The van der Waals surface area contributed by atoms with E-state index >= 15 is 0 Å². The zero-order valence-electron chi connectivity index (χ0n) is 8.19. The lowest BCUT2D eigenvalue weighted by Crippen LogP contribution is -2.26. The molecule has 4 nitrogen and oxygen atoms in total. The predicted octanol–water partition coefficient (Wildman–Crippen LogP) is 0.285. The van der Waals surface area contributed by atoms with Gasteiger partial charge < -0.3 is 9.84 Å². The van der Waals surface area contributed by atoms with E-state index in [4.69, 9.17) is 9.84 Å². The largest absolute Gasteiger partial charge is 0.481 e. The minimum Gasteiger partial charge on any atom is -0.481 e. The molecule has 1 fully saturated rings. The van der Waals surface area contributed by atoms with Gasteiger partial charge in [-0.2, -0.15) is 0 Å². The average Bonchev–Trinajstić information content (AvgIpc) is 2.43. The third-order valence-electron chi connectivity index (χ3n) is 2.62. The third-order valence-corrected chi connectivity index (χ3v) is 2.62. The molecule has 0 spiro atoms. The maximum Gasteiger partial charge on any atom is 0.308 e. The van der Waals surface area contributed by atoms with Gasteiger partial charge in [0.1, 0.15) is 0 Å². The second kappa shape index (κ2) is 4.58. The fraction of sp³-hybridized carbons (Fsp3) is 0.889. The van der Waals surface area contributed by atoms with E-state index in [1.807, 2.05) is 6.92 Å². The van der Waals surface area contributed by atoms with E-state index in [1.165, 1.54) is 0 Å². The highest BCUT2D eigenvalue weighted by atomic mass is 16.5. The van der Waals surface area contributed by atoms with Crippen molar-refractivity contribution in [3.8, 4) is 0 Å². The van der Waals surface area contributed by atoms with Crippen LogP contribution in [-0.4, -0.2) is 49.3 Å². The summed E-state index contributed by atoms with van der Waals surface area (Å²) in [5, 5.41) is 8.87. The Morgan fingerprint density at radius 1 is 1.62 bits per heavy atom. The van der Waals surface area contributed by atoms with E-state index in [9.17, 15) is 4.79 Å². The highest BCUT2D eigenvalue weighted by Gasteiger charge is 2.34. The molecule has 1 saturated heterocycles. The Morgan fingerprint density at radius 2 is 2.31 bits per heavy atom. The highest BCUT2D eigenvalue weighted by Crippen LogP contribution is 2.22. The van der Waals surface area contributed by atoms with Gasteiger partial charge in [0.05, 0.1) is 12.5 Å². The van der Waals surface area contributed by atoms with Crippen molar-refractivity contribution in [2.24, 2.45) is 11.8 Å². The topological polar surface area (TPSA) is 49.8 Å². The van der Waals surface area contributed by atoms with Gasteiger partial charge in [0.25, 0.3) is 0 Å². The normalized spacial score (nSPS) is 29.4. The van der Waals surface area contributed by atoms with Crippen LogP contribution in [0.5, 0.6) is 0 Å². The summed E-state index contributed by atoms with van der Waals surface area (Å²) in [6.07, 6.45) is 0. The molecule has 0 aliphatic carbocycles. The first-order valence-electron chi connectivity index (χ1n) is 4.59. The van der Waals surface area contributed by atoms with Gasteiger partial charge in [-0.3, -0.25) is 9.69 Å². The van der Waals surface area contributed by atoms with Crippen LogP contribution in [-0.2, 0) is 9.53 Å². The van der Waals surface area contributed by atoms with Crippen molar-refractivity contribution in [2.45, 2.75) is 6.92 Å². The van der Waals surface area contributed by atoms with Gasteiger partial charge >= 0.3 is 5.97 Å². The Morgan fingerprint density at radius 3 is 2.77 bits per heavy atom. The van der Waals surface area contributed by atoms with Crippen LogP contribution in [0.3, 0.4) is 0 Å². The van der Waals surface area contributed by atoms with Crippen molar-refractivity contribution in [1.82, 2.24) is 4.90 Å². The lowest BCUT2D eigenvalue weighted by atomic mass is 9.99. The van der Waals surface area contributed by atoms with E-state index < -0.39 is 5.97 Å². The molecule has 0 unspecified atom stereocenters. The number of likely N-dealkylation sites (tertiary alicyclic amines) is 1. The molecule has 0 aromatic heterocycles. The van der Waals surface area contributed by atoms with Crippen molar-refractivity contribution in [3.05, 3.63) is 0 Å². The first-order chi connectivity index (χ1) is 6.15. The number of ether oxygens (including phenoxy) is 1. The van der Waals surface area contributed by atoms with Crippen molar-refractivity contribution in [1.29, 1.82) is 0 Å². The monoisotopic (exact) mass is 187 g/mol. The van der Waals surface area contributed by atoms with E-state index in [-0.39, 0.29) is 11.8 Å². The van der Waals surface area contributed by atoms with Crippen LogP contribution in [0.15, 0.2) is 0 Å². The number of hydrogen-bond donors (Lipinski definition) is 1. The molecule has 1 heterocycles.